The van der Waals surface area contributed by atoms with Gasteiger partial charge in [-0.3, -0.25) is 0 Å². The highest BCUT2D eigenvalue weighted by atomic mass is 16.5. The van der Waals surface area contributed by atoms with Gasteiger partial charge in [0.15, 0.2) is 0 Å². The van der Waals surface area contributed by atoms with E-state index in [2.05, 4.69) is 15.6 Å². The Hall–Kier alpha value is -2.50. The third-order valence-corrected chi connectivity index (χ3v) is 5.93. The number of phenolic OH excluding ortho intramolecular Hbond substituents is 1. The van der Waals surface area contributed by atoms with Crippen LogP contribution in [0, 0.1) is 0 Å². The van der Waals surface area contributed by atoms with Crippen LogP contribution >= 0.6 is 0 Å². The van der Waals surface area contributed by atoms with Gasteiger partial charge in [-0.2, -0.15) is 0 Å². The monoisotopic (exact) mass is 363 g/mol. The Balaban J connectivity index is 1.41. The normalized spacial score (nSPS) is 24.4. The van der Waals surface area contributed by atoms with Crippen molar-refractivity contribution in [3.8, 4) is 11.5 Å². The zero-order chi connectivity index (χ0) is 18.3. The van der Waals surface area contributed by atoms with Gasteiger partial charge in [0.2, 0.25) is 0 Å². The molecule has 3 heterocycles. The average Bonchev–Trinajstić information content (AvgIpc) is 3.29. The molecule has 0 bridgehead atoms. The molecule has 0 amide bonds. The lowest BCUT2D eigenvalue weighted by Gasteiger charge is -2.39. The van der Waals surface area contributed by atoms with Crippen LogP contribution in [-0.4, -0.2) is 35.8 Å². The average molecular weight is 363 g/mol. The number of H-pyrrole nitrogens is 1. The Morgan fingerprint density at radius 2 is 2.04 bits per heavy atom. The Bertz CT molecular complexity index is 945. The Morgan fingerprint density at radius 1 is 1.15 bits per heavy atom. The van der Waals surface area contributed by atoms with Crippen molar-refractivity contribution < 1.29 is 9.84 Å². The lowest BCUT2D eigenvalue weighted by atomic mass is 9.82. The molecule has 2 atom stereocenters. The van der Waals surface area contributed by atoms with Crippen LogP contribution in [0.5, 0.6) is 11.5 Å². The number of para-hydroxylation sites is 1. The molecule has 2 aliphatic rings. The Labute approximate surface area is 158 Å². The van der Waals surface area contributed by atoms with Gasteiger partial charge in [0, 0.05) is 29.2 Å². The van der Waals surface area contributed by atoms with Crippen molar-refractivity contribution in [1.29, 1.82) is 0 Å². The number of hydrogen-bond acceptors (Lipinski definition) is 4. The summed E-state index contributed by atoms with van der Waals surface area (Å²) in [6.45, 7) is 2.63. The molecule has 27 heavy (non-hydrogen) atoms. The summed E-state index contributed by atoms with van der Waals surface area (Å²) < 4.78 is 5.93. The van der Waals surface area contributed by atoms with E-state index in [0.29, 0.717) is 18.4 Å². The number of benzene rings is 2. The highest BCUT2D eigenvalue weighted by molar-refractivity contribution is 5.86. The first-order valence-electron chi connectivity index (χ1n) is 9.74. The molecule has 1 spiro atoms. The van der Waals surface area contributed by atoms with Crippen LogP contribution in [-0.2, 0) is 12.0 Å². The molecule has 1 aromatic heterocycles. The summed E-state index contributed by atoms with van der Waals surface area (Å²) in [5, 5.41) is 18.6. The van der Waals surface area contributed by atoms with Crippen LogP contribution in [0.1, 0.15) is 24.1 Å². The molecule has 1 saturated heterocycles. The number of hydrogen-bond donors (Lipinski definition) is 4. The van der Waals surface area contributed by atoms with E-state index in [1.807, 2.05) is 42.5 Å². The number of phenols is 1. The molecule has 0 aliphatic carbocycles. The summed E-state index contributed by atoms with van der Waals surface area (Å²) in [7, 11) is 0. The highest BCUT2D eigenvalue weighted by Gasteiger charge is 2.43. The van der Waals surface area contributed by atoms with Crippen LogP contribution in [0.3, 0.4) is 0 Å². The SMILES string of the molecule is Oc1ccc2[nH]c3c(c2c1)CC(CCOc1ccccc1)N[C@@]31CCNC1. The highest BCUT2D eigenvalue weighted by Crippen LogP contribution is 2.40. The minimum atomic E-state index is -0.0559. The van der Waals surface area contributed by atoms with Gasteiger partial charge < -0.3 is 25.5 Å². The smallest absolute Gasteiger partial charge is 0.119 e. The quantitative estimate of drug-likeness (QED) is 0.575. The maximum atomic E-state index is 9.98. The molecule has 5 heteroatoms. The van der Waals surface area contributed by atoms with Crippen LogP contribution in [0.25, 0.3) is 10.9 Å². The number of nitrogens with one attached hydrogen (secondary N) is 3. The topological polar surface area (TPSA) is 69.3 Å². The standard InChI is InChI=1S/C22H25N3O2/c26-16-6-7-20-18(13-16)19-12-15(8-11-27-17-4-2-1-3-5-17)25-22(21(19)24-20)9-10-23-14-22/h1-7,13,15,23-26H,8-12,14H2/t15?,22-/m1/s1. The number of fused-ring (bicyclic) bond motifs is 4. The van der Waals surface area contributed by atoms with Gasteiger partial charge in [-0.1, -0.05) is 18.2 Å². The number of ether oxygens (including phenoxy) is 1. The number of aromatic nitrogens is 1. The molecule has 2 aromatic carbocycles. The van der Waals surface area contributed by atoms with E-state index < -0.39 is 0 Å². The fraction of sp³-hybridized carbons (Fsp3) is 0.364. The van der Waals surface area contributed by atoms with Gasteiger partial charge in [0.1, 0.15) is 11.5 Å². The first-order chi connectivity index (χ1) is 13.2. The fourth-order valence-corrected chi connectivity index (χ4v) is 4.66. The minimum absolute atomic E-state index is 0.0559. The molecule has 4 N–H and O–H groups in total. The molecule has 1 fully saturated rings. The largest absolute Gasteiger partial charge is 0.508 e. The Morgan fingerprint density at radius 3 is 2.85 bits per heavy atom. The van der Waals surface area contributed by atoms with Gasteiger partial charge in [-0.05, 0) is 61.7 Å². The maximum Gasteiger partial charge on any atom is 0.119 e. The number of rotatable bonds is 4. The first-order valence-corrected chi connectivity index (χ1v) is 9.74. The fourth-order valence-electron chi connectivity index (χ4n) is 4.66. The zero-order valence-electron chi connectivity index (χ0n) is 15.3. The Kier molecular flexibility index (Phi) is 4.06. The van der Waals surface area contributed by atoms with Gasteiger partial charge in [-0.15, -0.1) is 0 Å². The van der Waals surface area contributed by atoms with Crippen LogP contribution in [0.2, 0.25) is 0 Å². The van der Waals surface area contributed by atoms with E-state index in [1.165, 1.54) is 11.3 Å². The van der Waals surface area contributed by atoms with Crippen LogP contribution < -0.4 is 15.4 Å². The van der Waals surface area contributed by atoms with Crippen molar-refractivity contribution in [3.63, 3.8) is 0 Å². The van der Waals surface area contributed by atoms with Gasteiger partial charge in [0.05, 0.1) is 12.1 Å². The molecule has 5 nitrogen and oxygen atoms in total. The van der Waals surface area contributed by atoms with E-state index in [1.54, 1.807) is 6.07 Å². The predicted octanol–water partition coefficient (Wildman–Crippen LogP) is 3.05. The maximum absolute atomic E-state index is 9.98. The van der Waals surface area contributed by atoms with Gasteiger partial charge in [0.25, 0.3) is 0 Å². The van der Waals surface area contributed by atoms with Crippen molar-refractivity contribution in [2.75, 3.05) is 19.7 Å². The molecule has 1 unspecified atom stereocenters. The van der Waals surface area contributed by atoms with E-state index in [9.17, 15) is 5.11 Å². The van der Waals surface area contributed by atoms with Crippen molar-refractivity contribution in [2.24, 2.45) is 0 Å². The van der Waals surface area contributed by atoms with E-state index >= 15 is 0 Å². The lowest BCUT2D eigenvalue weighted by molar-refractivity contribution is 0.231. The minimum Gasteiger partial charge on any atom is -0.508 e. The van der Waals surface area contributed by atoms with Crippen molar-refractivity contribution >= 4 is 10.9 Å². The van der Waals surface area contributed by atoms with E-state index in [0.717, 1.165) is 49.0 Å². The predicted molar refractivity (Wildman–Crippen MR) is 106 cm³/mol. The molecule has 3 aromatic rings. The van der Waals surface area contributed by atoms with Crippen LogP contribution in [0.15, 0.2) is 48.5 Å². The number of aromatic amines is 1. The van der Waals surface area contributed by atoms with Crippen molar-refractivity contribution in [1.82, 2.24) is 15.6 Å². The second kappa shape index (κ2) is 6.59. The van der Waals surface area contributed by atoms with Gasteiger partial charge >= 0.3 is 0 Å². The van der Waals surface area contributed by atoms with Crippen molar-refractivity contribution in [2.45, 2.75) is 30.8 Å². The third kappa shape index (κ3) is 2.97. The molecule has 0 saturated carbocycles. The summed E-state index contributed by atoms with van der Waals surface area (Å²) >= 11 is 0. The van der Waals surface area contributed by atoms with E-state index in [-0.39, 0.29) is 5.54 Å². The second-order valence-corrected chi connectivity index (χ2v) is 7.71. The van der Waals surface area contributed by atoms with E-state index in [4.69, 9.17) is 4.74 Å². The van der Waals surface area contributed by atoms with Crippen molar-refractivity contribution in [3.05, 3.63) is 59.8 Å². The zero-order valence-corrected chi connectivity index (χ0v) is 15.3. The summed E-state index contributed by atoms with van der Waals surface area (Å²) in [4.78, 5) is 3.63. The summed E-state index contributed by atoms with van der Waals surface area (Å²) in [6, 6.07) is 16.0. The van der Waals surface area contributed by atoms with Gasteiger partial charge in [-0.25, -0.2) is 0 Å². The summed E-state index contributed by atoms with van der Waals surface area (Å²) in [6.07, 6.45) is 2.95. The number of aromatic hydroxyl groups is 1. The molecular formula is C22H25N3O2. The lowest BCUT2D eigenvalue weighted by Crippen LogP contribution is -2.54. The van der Waals surface area contributed by atoms with Crippen LogP contribution in [0.4, 0.5) is 0 Å². The molecule has 5 rings (SSSR count). The second-order valence-electron chi connectivity index (χ2n) is 7.71. The molecular weight excluding hydrogens is 338 g/mol. The first kappa shape index (κ1) is 16.7. The summed E-state index contributed by atoms with van der Waals surface area (Å²) in [5.74, 6) is 1.24. The molecule has 0 radical (unpaired) electrons. The molecule has 140 valence electrons. The molecule has 2 aliphatic heterocycles. The summed E-state index contributed by atoms with van der Waals surface area (Å²) in [5.41, 5.74) is 3.67. The third-order valence-electron chi connectivity index (χ3n) is 5.93.